The molecular formula is C22H29N3O3. The zero-order valence-electron chi connectivity index (χ0n) is 16.6. The van der Waals surface area contributed by atoms with Crippen LogP contribution in [0, 0.1) is 12.8 Å². The average Bonchev–Trinajstić information content (AvgIpc) is 3.38. The lowest BCUT2D eigenvalue weighted by Crippen LogP contribution is -2.54. The highest BCUT2D eigenvalue weighted by molar-refractivity contribution is 6.01. The van der Waals surface area contributed by atoms with Crippen molar-refractivity contribution < 1.29 is 14.4 Å². The molecule has 6 nitrogen and oxygen atoms in total. The summed E-state index contributed by atoms with van der Waals surface area (Å²) >= 11 is 0. The van der Waals surface area contributed by atoms with Gasteiger partial charge in [0.2, 0.25) is 17.7 Å². The van der Waals surface area contributed by atoms with E-state index in [1.165, 1.54) is 0 Å². The van der Waals surface area contributed by atoms with E-state index in [1.54, 1.807) is 9.80 Å². The van der Waals surface area contributed by atoms with Crippen molar-refractivity contribution in [2.45, 2.75) is 51.5 Å². The summed E-state index contributed by atoms with van der Waals surface area (Å²) in [6, 6.07) is 7.48. The average molecular weight is 383 g/mol. The van der Waals surface area contributed by atoms with Crippen molar-refractivity contribution in [2.24, 2.45) is 5.92 Å². The van der Waals surface area contributed by atoms with Crippen LogP contribution in [0.3, 0.4) is 0 Å². The van der Waals surface area contributed by atoms with Crippen LogP contribution in [0.2, 0.25) is 0 Å². The molecule has 3 saturated heterocycles. The normalized spacial score (nSPS) is 25.5. The molecule has 0 spiro atoms. The topological polar surface area (TPSA) is 60.9 Å². The number of hydrogen-bond donors (Lipinski definition) is 0. The Labute approximate surface area is 166 Å². The molecule has 1 aromatic carbocycles. The Morgan fingerprint density at radius 2 is 1.61 bits per heavy atom. The van der Waals surface area contributed by atoms with Gasteiger partial charge in [-0.1, -0.05) is 17.7 Å². The van der Waals surface area contributed by atoms with Gasteiger partial charge in [0.05, 0.1) is 5.92 Å². The quantitative estimate of drug-likeness (QED) is 0.805. The van der Waals surface area contributed by atoms with Crippen LogP contribution in [0.25, 0.3) is 0 Å². The summed E-state index contributed by atoms with van der Waals surface area (Å²) in [5.74, 6) is -0.298. The molecule has 3 aliphatic heterocycles. The van der Waals surface area contributed by atoms with E-state index >= 15 is 0 Å². The second-order valence-electron chi connectivity index (χ2n) is 8.32. The van der Waals surface area contributed by atoms with Gasteiger partial charge in [0.25, 0.3) is 0 Å². The number of hydrogen-bond acceptors (Lipinski definition) is 3. The van der Waals surface area contributed by atoms with Crippen molar-refractivity contribution in [3.8, 4) is 0 Å². The van der Waals surface area contributed by atoms with E-state index in [2.05, 4.69) is 0 Å². The molecular weight excluding hydrogens is 354 g/mol. The molecule has 150 valence electrons. The molecule has 28 heavy (non-hydrogen) atoms. The third-order valence-electron chi connectivity index (χ3n) is 6.31. The Morgan fingerprint density at radius 1 is 0.929 bits per heavy atom. The van der Waals surface area contributed by atoms with Gasteiger partial charge in [-0.3, -0.25) is 14.4 Å². The lowest BCUT2D eigenvalue weighted by atomic mass is 9.97. The van der Waals surface area contributed by atoms with E-state index in [1.807, 2.05) is 36.1 Å². The molecule has 3 amide bonds. The fourth-order valence-corrected chi connectivity index (χ4v) is 4.68. The molecule has 0 saturated carbocycles. The number of aryl methyl sites for hydroxylation is 1. The number of benzene rings is 1. The summed E-state index contributed by atoms with van der Waals surface area (Å²) in [5, 5.41) is 0. The van der Waals surface area contributed by atoms with E-state index in [0.29, 0.717) is 13.1 Å². The minimum absolute atomic E-state index is 0.0124. The van der Waals surface area contributed by atoms with Crippen LogP contribution >= 0.6 is 0 Å². The maximum absolute atomic E-state index is 13.3. The molecule has 1 aromatic rings. The van der Waals surface area contributed by atoms with Gasteiger partial charge in [-0.25, -0.2) is 0 Å². The van der Waals surface area contributed by atoms with Crippen LogP contribution in [0.4, 0.5) is 5.69 Å². The summed E-state index contributed by atoms with van der Waals surface area (Å²) in [6.07, 6.45) is 4.98. The lowest BCUT2D eigenvalue weighted by Gasteiger charge is -2.38. The van der Waals surface area contributed by atoms with Gasteiger partial charge in [-0.05, 0) is 51.2 Å². The summed E-state index contributed by atoms with van der Waals surface area (Å²) < 4.78 is 0. The van der Waals surface area contributed by atoms with Gasteiger partial charge in [0, 0.05) is 38.3 Å². The van der Waals surface area contributed by atoms with E-state index in [-0.39, 0.29) is 36.1 Å². The maximum atomic E-state index is 13.3. The number of piperidine rings is 1. The van der Waals surface area contributed by atoms with Gasteiger partial charge in [-0.2, -0.15) is 0 Å². The molecule has 0 aromatic heterocycles. The second kappa shape index (κ2) is 7.94. The fraction of sp³-hybridized carbons (Fsp3) is 0.591. The van der Waals surface area contributed by atoms with Crippen molar-refractivity contribution in [1.29, 1.82) is 0 Å². The minimum Gasteiger partial charge on any atom is -0.341 e. The first-order chi connectivity index (χ1) is 13.5. The first-order valence-corrected chi connectivity index (χ1v) is 10.5. The van der Waals surface area contributed by atoms with Crippen molar-refractivity contribution in [2.75, 3.05) is 31.1 Å². The molecule has 2 unspecified atom stereocenters. The zero-order valence-corrected chi connectivity index (χ0v) is 16.6. The highest BCUT2D eigenvalue weighted by Crippen LogP contribution is 2.29. The molecule has 3 fully saturated rings. The SMILES string of the molecule is Cc1ccc(N2CC(C(=O)N3CCCCC3C(=O)N3CCCC3)CC2=O)cc1. The Morgan fingerprint density at radius 3 is 2.32 bits per heavy atom. The van der Waals surface area contributed by atoms with Crippen molar-refractivity contribution >= 4 is 23.4 Å². The summed E-state index contributed by atoms with van der Waals surface area (Å²) in [4.78, 5) is 44.2. The molecule has 4 rings (SSSR count). The number of rotatable bonds is 3. The van der Waals surface area contributed by atoms with Gasteiger partial charge in [0.15, 0.2) is 0 Å². The molecule has 0 N–H and O–H groups in total. The van der Waals surface area contributed by atoms with Crippen LogP contribution in [0.15, 0.2) is 24.3 Å². The fourth-order valence-electron chi connectivity index (χ4n) is 4.68. The smallest absolute Gasteiger partial charge is 0.245 e. The highest BCUT2D eigenvalue weighted by Gasteiger charge is 2.42. The lowest BCUT2D eigenvalue weighted by molar-refractivity contribution is -0.149. The monoisotopic (exact) mass is 383 g/mol. The van der Waals surface area contributed by atoms with Crippen LogP contribution in [0.5, 0.6) is 0 Å². The summed E-state index contributed by atoms with van der Waals surface area (Å²) in [7, 11) is 0. The van der Waals surface area contributed by atoms with Crippen molar-refractivity contribution in [3.63, 3.8) is 0 Å². The molecule has 6 heteroatoms. The molecule has 2 atom stereocenters. The van der Waals surface area contributed by atoms with Gasteiger partial charge in [-0.15, -0.1) is 0 Å². The van der Waals surface area contributed by atoms with Crippen LogP contribution in [-0.2, 0) is 14.4 Å². The summed E-state index contributed by atoms with van der Waals surface area (Å²) in [5.41, 5.74) is 1.98. The Bertz CT molecular complexity index is 755. The maximum Gasteiger partial charge on any atom is 0.245 e. The van der Waals surface area contributed by atoms with E-state index < -0.39 is 0 Å². The Balaban J connectivity index is 1.47. The number of amides is 3. The number of anilines is 1. The molecule has 0 radical (unpaired) electrons. The summed E-state index contributed by atoms with van der Waals surface area (Å²) in [6.45, 7) is 4.65. The predicted molar refractivity (Wildman–Crippen MR) is 107 cm³/mol. The van der Waals surface area contributed by atoms with E-state index in [9.17, 15) is 14.4 Å². The van der Waals surface area contributed by atoms with Crippen LogP contribution in [-0.4, -0.2) is 59.7 Å². The standard InChI is InChI=1S/C22H29N3O3/c1-16-7-9-18(10-8-16)25-15-17(14-20(25)26)21(27)24-13-3-2-6-19(24)22(28)23-11-4-5-12-23/h7-10,17,19H,2-6,11-15H2,1H3. The Kier molecular flexibility index (Phi) is 5.38. The molecule has 0 aliphatic carbocycles. The first kappa shape index (κ1) is 19.0. The molecule has 3 heterocycles. The van der Waals surface area contributed by atoms with Crippen LogP contribution < -0.4 is 4.90 Å². The van der Waals surface area contributed by atoms with Gasteiger partial charge in [0.1, 0.15) is 6.04 Å². The van der Waals surface area contributed by atoms with Gasteiger partial charge < -0.3 is 14.7 Å². The van der Waals surface area contributed by atoms with Crippen LogP contribution in [0.1, 0.15) is 44.1 Å². The second-order valence-corrected chi connectivity index (χ2v) is 8.32. The zero-order chi connectivity index (χ0) is 19.7. The van der Waals surface area contributed by atoms with E-state index in [0.717, 1.165) is 56.4 Å². The number of carbonyl (C=O) groups is 3. The van der Waals surface area contributed by atoms with Crippen molar-refractivity contribution in [3.05, 3.63) is 29.8 Å². The van der Waals surface area contributed by atoms with Crippen molar-refractivity contribution in [1.82, 2.24) is 9.80 Å². The molecule has 0 bridgehead atoms. The minimum atomic E-state index is -0.360. The predicted octanol–water partition coefficient (Wildman–Crippen LogP) is 2.35. The third-order valence-corrected chi connectivity index (χ3v) is 6.31. The third kappa shape index (κ3) is 3.64. The number of carbonyl (C=O) groups excluding carboxylic acids is 3. The number of likely N-dealkylation sites (tertiary alicyclic amines) is 2. The first-order valence-electron chi connectivity index (χ1n) is 10.5. The largest absolute Gasteiger partial charge is 0.341 e. The highest BCUT2D eigenvalue weighted by atomic mass is 16.2. The number of nitrogens with zero attached hydrogens (tertiary/aromatic N) is 3. The Hall–Kier alpha value is -2.37. The molecule has 3 aliphatic rings. The van der Waals surface area contributed by atoms with Gasteiger partial charge >= 0.3 is 0 Å². The van der Waals surface area contributed by atoms with E-state index in [4.69, 9.17) is 0 Å².